The van der Waals surface area contributed by atoms with E-state index in [4.69, 9.17) is 0 Å². The lowest BCUT2D eigenvalue weighted by atomic mass is 9.87. The van der Waals surface area contributed by atoms with Gasteiger partial charge in [0.1, 0.15) is 5.82 Å². The maximum Gasteiger partial charge on any atom is 0.224 e. The number of carbonyl (C=O) groups is 1. The predicted octanol–water partition coefficient (Wildman–Crippen LogP) is 6.23. The first kappa shape index (κ1) is 22.2. The van der Waals surface area contributed by atoms with Gasteiger partial charge in [-0.15, -0.1) is 0 Å². The molecule has 32 heavy (non-hydrogen) atoms. The van der Waals surface area contributed by atoms with Crippen LogP contribution in [0.2, 0.25) is 0 Å². The van der Waals surface area contributed by atoms with E-state index in [1.807, 2.05) is 31.2 Å². The number of piperidine rings is 1. The third-order valence-electron chi connectivity index (χ3n) is 6.34. The quantitative estimate of drug-likeness (QED) is 0.466. The van der Waals surface area contributed by atoms with Crippen LogP contribution in [-0.2, 0) is 11.2 Å². The Morgan fingerprint density at radius 1 is 1.00 bits per heavy atom. The number of hydrogen-bond donors (Lipinski definition) is 2. The van der Waals surface area contributed by atoms with Gasteiger partial charge in [-0.25, -0.2) is 4.39 Å². The van der Waals surface area contributed by atoms with Gasteiger partial charge in [0.2, 0.25) is 5.91 Å². The fraction of sp³-hybridized carbons (Fsp3) is 0.321. The fourth-order valence-electron chi connectivity index (χ4n) is 4.52. The van der Waals surface area contributed by atoms with Crippen molar-refractivity contribution in [1.29, 1.82) is 0 Å². The Kier molecular flexibility index (Phi) is 7.33. The topological polar surface area (TPSA) is 41.1 Å². The molecule has 166 valence electrons. The summed E-state index contributed by atoms with van der Waals surface area (Å²) >= 11 is 0. The zero-order valence-corrected chi connectivity index (χ0v) is 18.7. The third kappa shape index (κ3) is 5.63. The van der Waals surface area contributed by atoms with Crippen molar-refractivity contribution in [2.45, 2.75) is 44.9 Å². The maximum absolute atomic E-state index is 14.5. The van der Waals surface area contributed by atoms with Crippen LogP contribution in [0.1, 0.15) is 48.3 Å². The first-order valence-electron chi connectivity index (χ1n) is 11.5. The van der Waals surface area contributed by atoms with E-state index < -0.39 is 0 Å². The Hall–Kier alpha value is -2.98. The summed E-state index contributed by atoms with van der Waals surface area (Å²) in [5.41, 5.74) is 6.01. The lowest BCUT2D eigenvalue weighted by molar-refractivity contribution is -0.116. The molecule has 1 saturated heterocycles. The molecular formula is C28H31FN2O. The predicted molar refractivity (Wildman–Crippen MR) is 129 cm³/mol. The van der Waals surface area contributed by atoms with E-state index >= 15 is 0 Å². The number of halogens is 1. The average Bonchev–Trinajstić information content (AvgIpc) is 2.82. The molecule has 0 saturated carbocycles. The largest absolute Gasteiger partial charge is 0.324 e. The first-order chi connectivity index (χ1) is 15.6. The van der Waals surface area contributed by atoms with Gasteiger partial charge in [-0.1, -0.05) is 54.6 Å². The Morgan fingerprint density at radius 3 is 2.41 bits per heavy atom. The summed E-state index contributed by atoms with van der Waals surface area (Å²) in [5, 5.41) is 6.17. The van der Waals surface area contributed by atoms with Crippen molar-refractivity contribution in [3.8, 4) is 11.1 Å². The van der Waals surface area contributed by atoms with Gasteiger partial charge in [0.05, 0.1) is 5.69 Å². The zero-order chi connectivity index (χ0) is 22.3. The van der Waals surface area contributed by atoms with Crippen LogP contribution in [0, 0.1) is 12.7 Å². The summed E-state index contributed by atoms with van der Waals surface area (Å²) in [4.78, 5) is 12.5. The minimum absolute atomic E-state index is 0.134. The SMILES string of the molecule is Cc1cc(F)c(NC(=O)CCCc2ccc(-c3ccccc3)cc2)cc1C1CCNCC1. The van der Waals surface area contributed by atoms with Crippen molar-refractivity contribution in [3.63, 3.8) is 0 Å². The molecule has 0 bridgehead atoms. The number of anilines is 1. The maximum atomic E-state index is 14.5. The molecule has 1 amide bonds. The van der Waals surface area contributed by atoms with Gasteiger partial charge in [0.15, 0.2) is 0 Å². The molecule has 3 nitrogen and oxygen atoms in total. The first-order valence-corrected chi connectivity index (χ1v) is 11.5. The van der Waals surface area contributed by atoms with Crippen LogP contribution in [0.25, 0.3) is 11.1 Å². The van der Waals surface area contributed by atoms with E-state index in [1.54, 1.807) is 6.07 Å². The van der Waals surface area contributed by atoms with Crippen molar-refractivity contribution in [3.05, 3.63) is 89.2 Å². The molecule has 0 unspecified atom stereocenters. The molecule has 4 heteroatoms. The molecule has 2 N–H and O–H groups in total. The number of nitrogens with one attached hydrogen (secondary N) is 2. The van der Waals surface area contributed by atoms with E-state index in [1.165, 1.54) is 16.7 Å². The van der Waals surface area contributed by atoms with Gasteiger partial charge in [0, 0.05) is 6.42 Å². The molecule has 1 aliphatic rings. The standard InChI is InChI=1S/C28H31FN2O/c1-20-18-26(29)27(19-25(20)24-14-16-30-17-15-24)31-28(32)9-5-6-21-10-12-23(13-11-21)22-7-3-2-4-8-22/h2-4,7-8,10-13,18-19,24,30H,5-6,9,14-17H2,1H3,(H,31,32). The molecule has 0 aliphatic carbocycles. The van der Waals surface area contributed by atoms with Crippen LogP contribution in [0.4, 0.5) is 10.1 Å². The van der Waals surface area contributed by atoms with Crippen LogP contribution >= 0.6 is 0 Å². The zero-order valence-electron chi connectivity index (χ0n) is 18.7. The minimum Gasteiger partial charge on any atom is -0.324 e. The monoisotopic (exact) mass is 430 g/mol. The smallest absolute Gasteiger partial charge is 0.224 e. The molecule has 3 aromatic rings. The van der Waals surface area contributed by atoms with Crippen LogP contribution in [0.5, 0.6) is 0 Å². The second-order valence-corrected chi connectivity index (χ2v) is 8.68. The van der Waals surface area contributed by atoms with Crippen molar-refractivity contribution < 1.29 is 9.18 Å². The van der Waals surface area contributed by atoms with Crippen LogP contribution < -0.4 is 10.6 Å². The Morgan fingerprint density at radius 2 is 1.69 bits per heavy atom. The van der Waals surface area contributed by atoms with Crippen LogP contribution in [0.3, 0.4) is 0 Å². The highest BCUT2D eigenvalue weighted by Gasteiger charge is 2.19. The summed E-state index contributed by atoms with van der Waals surface area (Å²) in [6, 6.07) is 22.2. The normalized spacial score (nSPS) is 14.3. The number of amides is 1. The Balaban J connectivity index is 1.31. The van der Waals surface area contributed by atoms with Gasteiger partial charge in [-0.2, -0.15) is 0 Å². The van der Waals surface area contributed by atoms with Gasteiger partial charge in [-0.3, -0.25) is 4.79 Å². The van der Waals surface area contributed by atoms with E-state index in [9.17, 15) is 9.18 Å². The average molecular weight is 431 g/mol. The van der Waals surface area contributed by atoms with E-state index in [2.05, 4.69) is 47.0 Å². The molecule has 0 atom stereocenters. The van der Waals surface area contributed by atoms with Gasteiger partial charge in [0.25, 0.3) is 0 Å². The highest BCUT2D eigenvalue weighted by atomic mass is 19.1. The number of rotatable bonds is 7. The Bertz CT molecular complexity index is 1040. The second-order valence-electron chi connectivity index (χ2n) is 8.68. The third-order valence-corrected chi connectivity index (χ3v) is 6.34. The Labute approximate surface area is 190 Å². The molecule has 1 fully saturated rings. The van der Waals surface area contributed by atoms with Gasteiger partial charge < -0.3 is 10.6 Å². The molecule has 0 spiro atoms. The number of aryl methyl sites for hydroxylation is 2. The minimum atomic E-state index is -0.356. The van der Waals surface area contributed by atoms with Crippen molar-refractivity contribution >= 4 is 11.6 Å². The highest BCUT2D eigenvalue weighted by molar-refractivity contribution is 5.91. The van der Waals surface area contributed by atoms with Crippen molar-refractivity contribution in [1.82, 2.24) is 5.32 Å². The fourth-order valence-corrected chi connectivity index (χ4v) is 4.52. The number of hydrogen-bond acceptors (Lipinski definition) is 2. The summed E-state index contributed by atoms with van der Waals surface area (Å²) in [6.45, 7) is 3.92. The van der Waals surface area contributed by atoms with Crippen molar-refractivity contribution in [2.75, 3.05) is 18.4 Å². The molecule has 1 heterocycles. The molecule has 4 rings (SSSR count). The highest BCUT2D eigenvalue weighted by Crippen LogP contribution is 2.31. The summed E-state index contributed by atoms with van der Waals surface area (Å²) in [6.07, 6.45) is 4.01. The number of benzene rings is 3. The lowest BCUT2D eigenvalue weighted by Gasteiger charge is -2.25. The summed E-state index contributed by atoms with van der Waals surface area (Å²) in [5.74, 6) is -0.0682. The lowest BCUT2D eigenvalue weighted by Crippen LogP contribution is -2.27. The molecule has 0 aromatic heterocycles. The van der Waals surface area contributed by atoms with E-state index in [0.717, 1.165) is 49.9 Å². The summed E-state index contributed by atoms with van der Waals surface area (Å²) < 4.78 is 14.5. The van der Waals surface area contributed by atoms with E-state index in [-0.39, 0.29) is 11.7 Å². The second kappa shape index (κ2) is 10.6. The van der Waals surface area contributed by atoms with Gasteiger partial charge in [-0.05, 0) is 91.6 Å². The van der Waals surface area contributed by atoms with Gasteiger partial charge >= 0.3 is 0 Å². The molecule has 0 radical (unpaired) electrons. The van der Waals surface area contributed by atoms with Crippen LogP contribution in [-0.4, -0.2) is 19.0 Å². The van der Waals surface area contributed by atoms with Crippen molar-refractivity contribution in [2.24, 2.45) is 0 Å². The van der Waals surface area contributed by atoms with E-state index in [0.29, 0.717) is 18.0 Å². The molecule has 1 aliphatic heterocycles. The molecular weight excluding hydrogens is 399 g/mol. The molecule has 3 aromatic carbocycles. The van der Waals surface area contributed by atoms with Crippen LogP contribution in [0.15, 0.2) is 66.7 Å². The summed E-state index contributed by atoms with van der Waals surface area (Å²) in [7, 11) is 0. The number of carbonyl (C=O) groups excluding carboxylic acids is 1.